The molecule has 56 valence electrons. The van der Waals surface area contributed by atoms with Crippen molar-refractivity contribution >= 4 is 5.97 Å². The Hall–Kier alpha value is -0.910. The van der Waals surface area contributed by atoms with Crippen molar-refractivity contribution in [3.63, 3.8) is 0 Å². The molecule has 1 saturated heterocycles. The lowest BCUT2D eigenvalue weighted by Crippen LogP contribution is -3.03. The summed E-state index contributed by atoms with van der Waals surface area (Å²) >= 11 is 0. The van der Waals surface area contributed by atoms with Crippen molar-refractivity contribution < 1.29 is 19.7 Å². The molecule has 0 radical (unpaired) electrons. The van der Waals surface area contributed by atoms with Gasteiger partial charge in [0.1, 0.15) is 0 Å². The van der Waals surface area contributed by atoms with Crippen LogP contribution in [-0.2, 0) is 9.53 Å². The molecule has 10 heavy (non-hydrogen) atoms. The van der Waals surface area contributed by atoms with E-state index in [0.29, 0.717) is 0 Å². The molecular formula is C5H7NO4. The molecule has 1 aliphatic heterocycles. The molecule has 1 aliphatic rings. The maximum Gasteiger partial charge on any atom is 0.371 e. The highest BCUT2D eigenvalue weighted by atomic mass is 16.6. The van der Waals surface area contributed by atoms with Crippen LogP contribution in [0.25, 0.3) is 0 Å². The number of hydrogen-bond acceptors (Lipinski definition) is 4. The lowest BCUT2D eigenvalue weighted by Gasteiger charge is -2.10. The van der Waals surface area contributed by atoms with Gasteiger partial charge < -0.3 is 15.1 Å². The van der Waals surface area contributed by atoms with E-state index < -0.39 is 5.97 Å². The number of hydrogen-bond donors (Lipinski definition) is 2. The number of esters is 1. The number of carbonyl (C=O) groups is 1. The smallest absolute Gasteiger partial charge is 0.371 e. The molecule has 1 atom stereocenters. The Morgan fingerprint density at radius 2 is 2.60 bits per heavy atom. The van der Waals surface area contributed by atoms with Crippen LogP contribution >= 0.6 is 0 Å². The molecule has 1 unspecified atom stereocenters. The lowest BCUT2D eigenvalue weighted by atomic mass is 10.6. The van der Waals surface area contributed by atoms with Crippen molar-refractivity contribution in [2.45, 2.75) is 0 Å². The van der Waals surface area contributed by atoms with Crippen LogP contribution in [0.2, 0.25) is 0 Å². The first-order valence-corrected chi connectivity index (χ1v) is 2.79. The summed E-state index contributed by atoms with van der Waals surface area (Å²) in [7, 11) is 0. The first-order valence-electron chi connectivity index (χ1n) is 2.79. The number of hydroxylamine groups is 2. The van der Waals surface area contributed by atoms with Crippen molar-refractivity contribution in [2.75, 3.05) is 13.2 Å². The lowest BCUT2D eigenvalue weighted by molar-refractivity contribution is -0.799. The monoisotopic (exact) mass is 145 g/mol. The molecule has 5 nitrogen and oxygen atoms in total. The molecule has 0 bridgehead atoms. The number of ether oxygens (including phenoxy) is 1. The summed E-state index contributed by atoms with van der Waals surface area (Å²) in [6.07, 6.45) is 1.17. The minimum absolute atomic E-state index is 0.0347. The van der Waals surface area contributed by atoms with Gasteiger partial charge in [-0.1, -0.05) is 0 Å². The van der Waals surface area contributed by atoms with Crippen LogP contribution in [0.4, 0.5) is 0 Å². The number of carbonyl (C=O) groups excluding carboxylic acids is 1. The summed E-state index contributed by atoms with van der Waals surface area (Å²) in [4.78, 5) is 10.4. The molecule has 0 aliphatic carbocycles. The molecular weight excluding hydrogens is 138 g/mol. The van der Waals surface area contributed by atoms with E-state index in [9.17, 15) is 10.0 Å². The van der Waals surface area contributed by atoms with Gasteiger partial charge in [-0.25, -0.2) is 4.79 Å². The van der Waals surface area contributed by atoms with E-state index in [1.165, 1.54) is 6.08 Å². The largest absolute Gasteiger partial charge is 0.626 e. The quantitative estimate of drug-likeness (QED) is 0.323. The molecule has 0 spiro atoms. The third-order valence-corrected chi connectivity index (χ3v) is 1.08. The molecule has 0 aromatic rings. The Bertz CT molecular complexity index is 176. The van der Waals surface area contributed by atoms with Crippen LogP contribution in [0.3, 0.4) is 0 Å². The average molecular weight is 145 g/mol. The highest BCUT2D eigenvalue weighted by Gasteiger charge is 2.25. The first-order chi connectivity index (χ1) is 4.74. The van der Waals surface area contributed by atoms with E-state index in [-0.39, 0.29) is 24.1 Å². The molecule has 0 saturated carbocycles. The van der Waals surface area contributed by atoms with Gasteiger partial charge in [-0.2, -0.15) is 0 Å². The van der Waals surface area contributed by atoms with Gasteiger partial charge in [0.2, 0.25) is 0 Å². The van der Waals surface area contributed by atoms with E-state index in [0.717, 1.165) is 0 Å². The standard InChI is InChI=1S/C5H7NO4/c7-2-1-4-6(9)3-5(8)10-4/h1,6-7H,2-3H2. The second-order valence-electron chi connectivity index (χ2n) is 1.82. The van der Waals surface area contributed by atoms with Crippen LogP contribution in [0.5, 0.6) is 0 Å². The topological polar surface area (TPSA) is 74.0 Å². The number of aliphatic hydroxyl groups is 1. The van der Waals surface area contributed by atoms with Gasteiger partial charge in [0, 0.05) is 6.08 Å². The molecule has 0 aromatic heterocycles. The summed E-state index contributed by atoms with van der Waals surface area (Å²) in [5.74, 6) is -0.586. The van der Waals surface area contributed by atoms with Crippen molar-refractivity contribution in [1.29, 1.82) is 0 Å². The maximum atomic E-state index is 10.6. The minimum Gasteiger partial charge on any atom is -0.626 e. The van der Waals surface area contributed by atoms with Gasteiger partial charge in [0.25, 0.3) is 5.88 Å². The van der Waals surface area contributed by atoms with Crippen molar-refractivity contribution in [2.24, 2.45) is 0 Å². The second-order valence-corrected chi connectivity index (χ2v) is 1.82. The van der Waals surface area contributed by atoms with Gasteiger partial charge in [-0.3, -0.25) is 5.06 Å². The van der Waals surface area contributed by atoms with Crippen molar-refractivity contribution in [3.8, 4) is 0 Å². The fourth-order valence-corrected chi connectivity index (χ4v) is 0.672. The van der Waals surface area contributed by atoms with E-state index in [4.69, 9.17) is 5.11 Å². The predicted octanol–water partition coefficient (Wildman–Crippen LogP) is -2.24. The zero-order valence-electron chi connectivity index (χ0n) is 5.16. The fourth-order valence-electron chi connectivity index (χ4n) is 0.672. The highest BCUT2D eigenvalue weighted by molar-refractivity contribution is 5.72. The normalized spacial score (nSPS) is 29.2. The van der Waals surface area contributed by atoms with Gasteiger partial charge in [-0.15, -0.1) is 0 Å². The van der Waals surface area contributed by atoms with E-state index in [2.05, 4.69) is 4.74 Å². The zero-order chi connectivity index (χ0) is 7.56. The van der Waals surface area contributed by atoms with Crippen LogP contribution in [-0.4, -0.2) is 24.2 Å². The molecule has 1 fully saturated rings. The van der Waals surface area contributed by atoms with Crippen LogP contribution in [0.1, 0.15) is 0 Å². The number of aliphatic hydroxyl groups excluding tert-OH is 1. The Morgan fingerprint density at radius 1 is 1.90 bits per heavy atom. The summed E-state index contributed by atoms with van der Waals surface area (Å²) in [6, 6.07) is 0. The molecule has 1 heterocycles. The van der Waals surface area contributed by atoms with Crippen molar-refractivity contribution in [3.05, 3.63) is 17.2 Å². The van der Waals surface area contributed by atoms with E-state index in [1.807, 2.05) is 0 Å². The third kappa shape index (κ3) is 1.32. The van der Waals surface area contributed by atoms with Crippen LogP contribution in [0, 0.1) is 5.21 Å². The Labute approximate surface area is 57.1 Å². The number of quaternary nitrogens is 1. The summed E-state index contributed by atoms with van der Waals surface area (Å²) in [5.41, 5.74) is 0. The van der Waals surface area contributed by atoms with Crippen LogP contribution < -0.4 is 5.06 Å². The van der Waals surface area contributed by atoms with Crippen molar-refractivity contribution in [1.82, 2.24) is 0 Å². The minimum atomic E-state index is -0.551. The zero-order valence-corrected chi connectivity index (χ0v) is 5.16. The fraction of sp³-hybridized carbons (Fsp3) is 0.400. The van der Waals surface area contributed by atoms with Gasteiger partial charge >= 0.3 is 5.97 Å². The molecule has 0 amide bonds. The number of rotatable bonds is 1. The predicted molar refractivity (Wildman–Crippen MR) is 30.5 cm³/mol. The average Bonchev–Trinajstić information content (AvgIpc) is 2.13. The number of nitrogens with one attached hydrogen (secondary N) is 1. The third-order valence-electron chi connectivity index (χ3n) is 1.08. The van der Waals surface area contributed by atoms with Crippen LogP contribution in [0.15, 0.2) is 12.0 Å². The summed E-state index contributed by atoms with van der Waals surface area (Å²) in [5, 5.41) is 18.6. The number of cyclic esters (lactones) is 1. The maximum absolute atomic E-state index is 10.6. The second kappa shape index (κ2) is 2.78. The Morgan fingerprint density at radius 3 is 3.00 bits per heavy atom. The van der Waals surface area contributed by atoms with E-state index >= 15 is 0 Å². The molecule has 5 heteroatoms. The summed E-state index contributed by atoms with van der Waals surface area (Å²) in [6.45, 7) is -0.486. The highest BCUT2D eigenvalue weighted by Crippen LogP contribution is 1.93. The van der Waals surface area contributed by atoms with E-state index in [1.54, 1.807) is 0 Å². The SMILES string of the molecule is O=C1C[NH+]([O-])C(=CCO)O1. The summed E-state index contributed by atoms with van der Waals surface area (Å²) < 4.78 is 4.43. The molecule has 0 aromatic carbocycles. The van der Waals surface area contributed by atoms with Gasteiger partial charge in [-0.05, 0) is 0 Å². The molecule has 1 rings (SSSR count). The Kier molecular flexibility index (Phi) is 2.00. The molecule has 2 N–H and O–H groups in total. The van der Waals surface area contributed by atoms with Gasteiger partial charge in [0.05, 0.1) is 6.61 Å². The first kappa shape index (κ1) is 7.20. The van der Waals surface area contributed by atoms with Gasteiger partial charge in [0.15, 0.2) is 6.54 Å². The Balaban J connectivity index is 2.63.